The van der Waals surface area contributed by atoms with Crippen LogP contribution in [0.5, 0.6) is 0 Å². The van der Waals surface area contributed by atoms with Crippen molar-refractivity contribution in [1.29, 1.82) is 0 Å². The van der Waals surface area contributed by atoms with Gasteiger partial charge in [-0.2, -0.15) is 0 Å². The van der Waals surface area contributed by atoms with Gasteiger partial charge in [0.05, 0.1) is 5.69 Å². The number of hydrogen-bond donors (Lipinski definition) is 3. The van der Waals surface area contributed by atoms with E-state index in [-0.39, 0.29) is 16.8 Å². The molecule has 1 aliphatic rings. The average Bonchev–Trinajstić information content (AvgIpc) is 2.35. The quantitative estimate of drug-likeness (QED) is 0.776. The van der Waals surface area contributed by atoms with Gasteiger partial charge < -0.3 is 10.4 Å². The summed E-state index contributed by atoms with van der Waals surface area (Å²) in [7, 11) is -3.75. The molecular weight excluding hydrogens is 294 g/mol. The number of benzene rings is 1. The zero-order valence-electron chi connectivity index (χ0n) is 11.9. The maximum absolute atomic E-state index is 12.2. The molecule has 3 N–H and O–H groups in total. The van der Waals surface area contributed by atoms with Crippen molar-refractivity contribution in [1.82, 2.24) is 4.72 Å². The molecule has 8 heteroatoms. The first-order valence-corrected chi connectivity index (χ1v) is 7.90. The van der Waals surface area contributed by atoms with Crippen molar-refractivity contribution < 1.29 is 18.3 Å². The van der Waals surface area contributed by atoms with E-state index < -0.39 is 22.0 Å². The van der Waals surface area contributed by atoms with Crippen molar-refractivity contribution in [3.05, 3.63) is 23.8 Å². The van der Waals surface area contributed by atoms with Crippen LogP contribution in [0.4, 0.5) is 5.69 Å². The van der Waals surface area contributed by atoms with Gasteiger partial charge in [0.15, 0.2) is 6.04 Å². The van der Waals surface area contributed by atoms with Gasteiger partial charge in [-0.1, -0.05) is 19.9 Å². The Morgan fingerprint density at radius 2 is 2.00 bits per heavy atom. The second-order valence-corrected chi connectivity index (χ2v) is 6.89. The number of guanidine groups is 1. The Morgan fingerprint density at radius 3 is 2.57 bits per heavy atom. The fourth-order valence-electron chi connectivity index (χ4n) is 1.98. The van der Waals surface area contributed by atoms with Crippen LogP contribution < -0.4 is 10.0 Å². The third-order valence-corrected chi connectivity index (χ3v) is 4.44. The van der Waals surface area contributed by atoms with Crippen molar-refractivity contribution in [3.63, 3.8) is 0 Å². The Labute approximate surface area is 123 Å². The van der Waals surface area contributed by atoms with E-state index in [2.05, 4.69) is 15.0 Å². The van der Waals surface area contributed by atoms with Crippen LogP contribution in [0, 0.1) is 12.8 Å². The third kappa shape index (κ3) is 3.15. The topological polar surface area (TPSA) is 108 Å². The molecule has 0 bridgehead atoms. The Balaban J connectivity index is 2.44. The monoisotopic (exact) mass is 311 g/mol. The summed E-state index contributed by atoms with van der Waals surface area (Å²) in [6, 6.07) is 3.91. The van der Waals surface area contributed by atoms with Crippen LogP contribution >= 0.6 is 0 Å². The number of nitrogens with one attached hydrogen (secondary N) is 2. The summed E-state index contributed by atoms with van der Waals surface area (Å²) in [4.78, 5) is 15.2. The van der Waals surface area contributed by atoms with E-state index in [1.54, 1.807) is 39.0 Å². The zero-order valence-corrected chi connectivity index (χ0v) is 12.7. The van der Waals surface area contributed by atoms with E-state index in [0.29, 0.717) is 5.69 Å². The summed E-state index contributed by atoms with van der Waals surface area (Å²) >= 11 is 0. The third-order valence-electron chi connectivity index (χ3n) is 3.06. The van der Waals surface area contributed by atoms with Gasteiger partial charge in [-0.15, -0.1) is 0 Å². The van der Waals surface area contributed by atoms with Gasteiger partial charge in [-0.05, 0) is 30.5 Å². The minimum Gasteiger partial charge on any atom is -0.480 e. The number of fused-ring (bicyclic) bond motifs is 1. The molecule has 1 atom stereocenters. The molecule has 1 aromatic rings. The maximum Gasteiger partial charge on any atom is 0.328 e. The number of nitrogens with zero attached hydrogens (tertiary/aromatic N) is 1. The van der Waals surface area contributed by atoms with Gasteiger partial charge in [-0.25, -0.2) is 22.9 Å². The molecular formula is C13H17N3O4S. The van der Waals surface area contributed by atoms with Crippen molar-refractivity contribution in [2.24, 2.45) is 10.9 Å². The SMILES string of the molecule is Cc1ccc2c(c1)S(=O)(=O)NC(=NC(C(=O)O)C(C)C)N2. The molecule has 21 heavy (non-hydrogen) atoms. The molecule has 0 radical (unpaired) electrons. The summed E-state index contributed by atoms with van der Waals surface area (Å²) in [5.74, 6) is -1.44. The fraction of sp³-hybridized carbons (Fsp3) is 0.385. The lowest BCUT2D eigenvalue weighted by Gasteiger charge is -2.23. The smallest absolute Gasteiger partial charge is 0.328 e. The number of carboxylic acid groups (broad SMARTS) is 1. The molecule has 1 aromatic carbocycles. The second kappa shape index (κ2) is 5.36. The Kier molecular flexibility index (Phi) is 3.91. The summed E-state index contributed by atoms with van der Waals surface area (Å²) in [6.07, 6.45) is 0. The molecule has 0 saturated carbocycles. The molecule has 0 aliphatic carbocycles. The van der Waals surface area contributed by atoms with Gasteiger partial charge in [0.2, 0.25) is 5.96 Å². The maximum atomic E-state index is 12.2. The molecule has 1 heterocycles. The van der Waals surface area contributed by atoms with E-state index in [0.717, 1.165) is 5.56 Å². The predicted octanol–water partition coefficient (Wildman–Crippen LogP) is 1.16. The van der Waals surface area contributed by atoms with Crippen molar-refractivity contribution >= 4 is 27.6 Å². The lowest BCUT2D eigenvalue weighted by Crippen LogP contribution is -2.42. The normalized spacial score (nSPS) is 19.5. The first-order chi connectivity index (χ1) is 9.70. The van der Waals surface area contributed by atoms with Crippen LogP contribution in [0.1, 0.15) is 19.4 Å². The summed E-state index contributed by atoms with van der Waals surface area (Å²) in [5.41, 5.74) is 1.19. The molecule has 0 aromatic heterocycles. The molecule has 2 rings (SSSR count). The predicted molar refractivity (Wildman–Crippen MR) is 78.8 cm³/mol. The zero-order chi connectivity index (χ0) is 15.8. The fourth-order valence-corrected chi connectivity index (χ4v) is 3.20. The van der Waals surface area contributed by atoms with Crippen LogP contribution in [0.25, 0.3) is 0 Å². The highest BCUT2D eigenvalue weighted by Crippen LogP contribution is 2.25. The van der Waals surface area contributed by atoms with Gasteiger partial charge in [0.1, 0.15) is 4.90 Å². The number of carboxylic acids is 1. The molecule has 0 amide bonds. The van der Waals surface area contributed by atoms with Crippen molar-refractivity contribution in [2.45, 2.75) is 31.7 Å². The number of sulfonamides is 1. The second-order valence-electron chi connectivity index (χ2n) is 5.23. The highest BCUT2D eigenvalue weighted by molar-refractivity contribution is 7.90. The van der Waals surface area contributed by atoms with Crippen LogP contribution in [0.3, 0.4) is 0 Å². The van der Waals surface area contributed by atoms with Crippen molar-refractivity contribution in [3.8, 4) is 0 Å². The van der Waals surface area contributed by atoms with Crippen LogP contribution in [0.2, 0.25) is 0 Å². The standard InChI is InChI=1S/C13H17N3O4S/c1-7(2)11(12(17)18)15-13-14-9-5-4-8(3)6-10(9)21(19,20)16-13/h4-7,11H,1-3H3,(H,17,18)(H2,14,15,16). The largest absolute Gasteiger partial charge is 0.480 e. The highest BCUT2D eigenvalue weighted by Gasteiger charge is 2.29. The Morgan fingerprint density at radius 1 is 1.33 bits per heavy atom. The number of rotatable bonds is 3. The van der Waals surface area contributed by atoms with E-state index in [4.69, 9.17) is 5.11 Å². The van der Waals surface area contributed by atoms with Gasteiger partial charge in [-0.3, -0.25) is 0 Å². The molecule has 7 nitrogen and oxygen atoms in total. The number of hydrogen-bond acceptors (Lipinski definition) is 4. The first kappa shape index (κ1) is 15.3. The molecule has 1 unspecified atom stereocenters. The Bertz CT molecular complexity index is 710. The summed E-state index contributed by atoms with van der Waals surface area (Å²) in [6.45, 7) is 5.20. The van der Waals surface area contributed by atoms with Gasteiger partial charge in [0, 0.05) is 0 Å². The molecule has 0 fully saturated rings. The minimum atomic E-state index is -3.75. The molecule has 114 valence electrons. The lowest BCUT2D eigenvalue weighted by atomic mass is 10.1. The van der Waals surface area contributed by atoms with Crippen LogP contribution in [-0.2, 0) is 14.8 Å². The van der Waals surface area contributed by atoms with Crippen LogP contribution in [-0.4, -0.2) is 31.5 Å². The first-order valence-electron chi connectivity index (χ1n) is 6.42. The summed E-state index contributed by atoms with van der Waals surface area (Å²) < 4.78 is 26.6. The van der Waals surface area contributed by atoms with E-state index in [1.807, 2.05) is 0 Å². The minimum absolute atomic E-state index is 0.0764. The number of aryl methyl sites for hydroxylation is 1. The summed E-state index contributed by atoms with van der Waals surface area (Å²) in [5, 5.41) is 11.9. The van der Waals surface area contributed by atoms with Gasteiger partial charge in [0.25, 0.3) is 10.0 Å². The number of aliphatic imine (C=N–C) groups is 1. The highest BCUT2D eigenvalue weighted by atomic mass is 32.2. The van der Waals surface area contributed by atoms with E-state index in [9.17, 15) is 13.2 Å². The lowest BCUT2D eigenvalue weighted by molar-refractivity contribution is -0.139. The number of aliphatic carboxylic acids is 1. The van der Waals surface area contributed by atoms with Crippen molar-refractivity contribution in [2.75, 3.05) is 5.32 Å². The van der Waals surface area contributed by atoms with E-state index in [1.165, 1.54) is 0 Å². The van der Waals surface area contributed by atoms with Gasteiger partial charge >= 0.3 is 5.97 Å². The molecule has 1 aliphatic heterocycles. The Hall–Kier alpha value is -2.09. The molecule has 0 saturated heterocycles. The molecule has 0 spiro atoms. The van der Waals surface area contributed by atoms with Crippen LogP contribution in [0.15, 0.2) is 28.1 Å². The number of anilines is 1. The average molecular weight is 311 g/mol. The van der Waals surface area contributed by atoms with E-state index >= 15 is 0 Å². The number of carbonyl (C=O) groups is 1.